The highest BCUT2D eigenvalue weighted by atomic mass is 14.5. The van der Waals surface area contributed by atoms with Crippen molar-refractivity contribution in [2.24, 2.45) is 5.92 Å². The van der Waals surface area contributed by atoms with Crippen molar-refractivity contribution >= 4 is 0 Å². The molecule has 0 amide bonds. The van der Waals surface area contributed by atoms with Crippen LogP contribution < -0.4 is 0 Å². The predicted octanol–water partition coefficient (Wildman–Crippen LogP) is 3.11. The maximum atomic E-state index is 9.16. The zero-order chi connectivity index (χ0) is 10.5. The van der Waals surface area contributed by atoms with Gasteiger partial charge in [-0.05, 0) is 43.7 Å². The number of fused-ring (bicyclic) bond motifs is 2. The molecule has 1 nitrogen and oxygen atoms in total. The fraction of sp³-hybridized carbons (Fsp3) is 0.500. The molecule has 0 saturated heterocycles. The Morgan fingerprint density at radius 2 is 2.27 bits per heavy atom. The van der Waals surface area contributed by atoms with Gasteiger partial charge in [-0.2, -0.15) is 5.26 Å². The van der Waals surface area contributed by atoms with E-state index in [1.54, 1.807) is 0 Å². The van der Waals surface area contributed by atoms with Crippen LogP contribution in [0.15, 0.2) is 18.2 Å². The summed E-state index contributed by atoms with van der Waals surface area (Å²) >= 11 is 0. The van der Waals surface area contributed by atoms with E-state index in [9.17, 15) is 0 Å². The molecule has 2 aliphatic carbocycles. The minimum Gasteiger partial charge on any atom is -0.198 e. The normalized spacial score (nSPS) is 32.1. The molecular weight excluding hydrogens is 182 g/mol. The smallest absolute Gasteiger partial charge is 0.0665 e. The first kappa shape index (κ1) is 8.97. The summed E-state index contributed by atoms with van der Waals surface area (Å²) in [5.41, 5.74) is 4.55. The lowest BCUT2D eigenvalue weighted by Crippen LogP contribution is -2.41. The maximum absolute atomic E-state index is 9.16. The minimum absolute atomic E-state index is 0.246. The van der Waals surface area contributed by atoms with Gasteiger partial charge in [-0.3, -0.25) is 0 Å². The van der Waals surface area contributed by atoms with Crippen molar-refractivity contribution in [1.82, 2.24) is 0 Å². The Hall–Kier alpha value is -1.29. The van der Waals surface area contributed by atoms with Gasteiger partial charge in [0.2, 0.25) is 0 Å². The topological polar surface area (TPSA) is 23.8 Å². The second kappa shape index (κ2) is 2.85. The summed E-state index contributed by atoms with van der Waals surface area (Å²) in [4.78, 5) is 0. The second-order valence-electron chi connectivity index (χ2n) is 5.04. The number of nitrogens with zero attached hydrogens (tertiary/aromatic N) is 1. The van der Waals surface area contributed by atoms with Gasteiger partial charge >= 0.3 is 0 Å². The maximum Gasteiger partial charge on any atom is 0.0665 e. The molecule has 0 radical (unpaired) electrons. The number of hydrogen-bond acceptors (Lipinski definition) is 1. The molecule has 1 heteroatoms. The van der Waals surface area contributed by atoms with Crippen LogP contribution in [0.4, 0.5) is 0 Å². The summed E-state index contributed by atoms with van der Waals surface area (Å²) in [6, 6.07) is 9.25. The molecule has 3 rings (SSSR count). The van der Waals surface area contributed by atoms with Crippen LogP contribution >= 0.6 is 0 Å². The van der Waals surface area contributed by atoms with E-state index in [-0.39, 0.29) is 11.3 Å². The number of benzene rings is 1. The number of aryl methyl sites for hydroxylation is 2. The molecule has 2 aliphatic rings. The lowest BCUT2D eigenvalue weighted by Gasteiger charge is -2.44. The molecule has 15 heavy (non-hydrogen) atoms. The van der Waals surface area contributed by atoms with Crippen molar-refractivity contribution in [3.63, 3.8) is 0 Å². The molecule has 0 heterocycles. The third kappa shape index (κ3) is 1.03. The Kier molecular flexibility index (Phi) is 1.71. The molecule has 0 aliphatic heterocycles. The highest BCUT2D eigenvalue weighted by Gasteiger charge is 2.51. The average Bonchev–Trinajstić information content (AvgIpc) is 2.57. The van der Waals surface area contributed by atoms with E-state index in [0.717, 1.165) is 6.42 Å². The van der Waals surface area contributed by atoms with E-state index in [1.807, 2.05) is 0 Å². The Labute approximate surface area is 90.7 Å². The summed E-state index contributed by atoms with van der Waals surface area (Å²) in [7, 11) is 0. The summed E-state index contributed by atoms with van der Waals surface area (Å²) in [5, 5.41) is 9.16. The number of nitriles is 1. The first-order valence-corrected chi connectivity index (χ1v) is 5.76. The fourth-order valence-corrected chi connectivity index (χ4v) is 3.31. The number of hydrogen-bond donors (Lipinski definition) is 0. The van der Waals surface area contributed by atoms with Gasteiger partial charge in [0, 0.05) is 5.41 Å². The van der Waals surface area contributed by atoms with Gasteiger partial charge in [0.1, 0.15) is 0 Å². The Bertz CT molecular complexity index is 455. The van der Waals surface area contributed by atoms with Gasteiger partial charge in [0.15, 0.2) is 0 Å². The highest BCUT2D eigenvalue weighted by Crippen LogP contribution is 2.56. The monoisotopic (exact) mass is 197 g/mol. The largest absolute Gasteiger partial charge is 0.198 e. The molecule has 1 aromatic carbocycles. The van der Waals surface area contributed by atoms with Crippen LogP contribution in [0.1, 0.15) is 36.0 Å². The van der Waals surface area contributed by atoms with Crippen LogP contribution in [-0.2, 0) is 11.8 Å². The van der Waals surface area contributed by atoms with Crippen molar-refractivity contribution in [2.75, 3.05) is 0 Å². The molecule has 1 saturated carbocycles. The summed E-state index contributed by atoms with van der Waals surface area (Å²) in [6.45, 7) is 2.15. The van der Waals surface area contributed by atoms with Gasteiger partial charge in [0.05, 0.1) is 12.0 Å². The van der Waals surface area contributed by atoms with Crippen molar-refractivity contribution in [2.45, 2.75) is 38.0 Å². The zero-order valence-electron chi connectivity index (χ0n) is 9.09. The standard InChI is InChI=1S/C14H15N/c1-10-2-3-11-4-6-14(13(11)8-10)7-5-12(14)9-15/h2-3,8,12H,4-7H2,1H3. The molecule has 0 aromatic heterocycles. The molecule has 1 spiro atoms. The number of rotatable bonds is 0. The molecule has 76 valence electrons. The van der Waals surface area contributed by atoms with Crippen LogP contribution in [-0.4, -0.2) is 0 Å². The molecule has 1 fully saturated rings. The third-order valence-corrected chi connectivity index (χ3v) is 4.34. The van der Waals surface area contributed by atoms with Crippen molar-refractivity contribution < 1.29 is 0 Å². The van der Waals surface area contributed by atoms with Crippen molar-refractivity contribution in [1.29, 1.82) is 5.26 Å². The fourth-order valence-electron chi connectivity index (χ4n) is 3.31. The van der Waals surface area contributed by atoms with E-state index < -0.39 is 0 Å². The van der Waals surface area contributed by atoms with E-state index >= 15 is 0 Å². The van der Waals surface area contributed by atoms with Gasteiger partial charge in [-0.1, -0.05) is 23.8 Å². The van der Waals surface area contributed by atoms with Crippen LogP contribution in [0.25, 0.3) is 0 Å². The molecule has 0 bridgehead atoms. The van der Waals surface area contributed by atoms with Crippen LogP contribution in [0.3, 0.4) is 0 Å². The van der Waals surface area contributed by atoms with Crippen LogP contribution in [0.2, 0.25) is 0 Å². The Morgan fingerprint density at radius 1 is 1.40 bits per heavy atom. The van der Waals surface area contributed by atoms with Gasteiger partial charge in [0.25, 0.3) is 0 Å². The SMILES string of the molecule is Cc1ccc2c(c1)C1(CC2)CCC1C#N. The zero-order valence-corrected chi connectivity index (χ0v) is 9.09. The molecule has 1 aromatic rings. The lowest BCUT2D eigenvalue weighted by molar-refractivity contribution is 0.171. The van der Waals surface area contributed by atoms with E-state index in [1.165, 1.54) is 36.0 Å². The molecule has 2 atom stereocenters. The summed E-state index contributed by atoms with van der Waals surface area (Å²) in [5.74, 6) is 0.278. The average molecular weight is 197 g/mol. The highest BCUT2D eigenvalue weighted by molar-refractivity contribution is 5.45. The molecular formula is C14H15N. The first-order valence-electron chi connectivity index (χ1n) is 5.76. The Balaban J connectivity index is 2.12. The summed E-state index contributed by atoms with van der Waals surface area (Å²) < 4.78 is 0. The van der Waals surface area contributed by atoms with Crippen LogP contribution in [0, 0.1) is 24.2 Å². The van der Waals surface area contributed by atoms with Crippen LogP contribution in [0.5, 0.6) is 0 Å². The molecule has 2 unspecified atom stereocenters. The van der Waals surface area contributed by atoms with Crippen molar-refractivity contribution in [3.05, 3.63) is 34.9 Å². The third-order valence-electron chi connectivity index (χ3n) is 4.34. The minimum atomic E-state index is 0.246. The van der Waals surface area contributed by atoms with Crippen molar-refractivity contribution in [3.8, 4) is 6.07 Å². The van der Waals surface area contributed by atoms with E-state index in [4.69, 9.17) is 5.26 Å². The second-order valence-corrected chi connectivity index (χ2v) is 5.04. The Morgan fingerprint density at radius 3 is 2.93 bits per heavy atom. The van der Waals surface area contributed by atoms with E-state index in [2.05, 4.69) is 31.2 Å². The van der Waals surface area contributed by atoms with Gasteiger partial charge in [-0.15, -0.1) is 0 Å². The summed E-state index contributed by atoms with van der Waals surface area (Å²) in [6.07, 6.45) is 4.70. The predicted molar refractivity (Wildman–Crippen MR) is 59.5 cm³/mol. The van der Waals surface area contributed by atoms with Gasteiger partial charge in [-0.25, -0.2) is 0 Å². The van der Waals surface area contributed by atoms with E-state index in [0.29, 0.717) is 0 Å². The first-order chi connectivity index (χ1) is 7.26. The molecule has 0 N–H and O–H groups in total. The van der Waals surface area contributed by atoms with Gasteiger partial charge < -0.3 is 0 Å². The quantitative estimate of drug-likeness (QED) is 0.627. The lowest BCUT2D eigenvalue weighted by atomic mass is 9.57.